The fourth-order valence-electron chi connectivity index (χ4n) is 4.61. The molecule has 0 aliphatic carbocycles. The maximum atomic E-state index is 13.1. The molecule has 1 aliphatic heterocycles. The maximum absolute atomic E-state index is 13.1. The molecular weight excluding hydrogens is 486 g/mol. The molecule has 3 aromatic carbocycles. The molecule has 1 atom stereocenters. The molecule has 0 saturated carbocycles. The highest BCUT2D eigenvalue weighted by atomic mass is 32.2. The zero-order valence-electron chi connectivity index (χ0n) is 21.3. The third kappa shape index (κ3) is 5.16. The molecule has 0 amide bonds. The summed E-state index contributed by atoms with van der Waals surface area (Å²) in [6.45, 7) is 6.04. The molecule has 37 heavy (non-hydrogen) atoms. The molecule has 2 heterocycles. The van der Waals surface area contributed by atoms with Crippen molar-refractivity contribution in [3.63, 3.8) is 0 Å². The lowest BCUT2D eigenvalue weighted by molar-refractivity contribution is 0.141. The Kier molecular flexibility index (Phi) is 7.10. The molecule has 1 aromatic heterocycles. The number of piperazine rings is 1. The Balaban J connectivity index is 1.37. The van der Waals surface area contributed by atoms with E-state index in [1.165, 1.54) is 0 Å². The van der Waals surface area contributed by atoms with E-state index in [4.69, 9.17) is 14.7 Å². The molecule has 1 saturated heterocycles. The Bertz CT molecular complexity index is 1500. The van der Waals surface area contributed by atoms with Crippen molar-refractivity contribution in [1.29, 1.82) is 0 Å². The summed E-state index contributed by atoms with van der Waals surface area (Å²) in [5, 5.41) is 4.35. The summed E-state index contributed by atoms with van der Waals surface area (Å²) in [4.78, 5) is 12.4. The normalized spacial score (nSPS) is 16.0. The summed E-state index contributed by atoms with van der Waals surface area (Å²) in [5.74, 6) is 2.12. The first-order chi connectivity index (χ1) is 17.9. The number of fused-ring (bicyclic) bond motifs is 1. The van der Waals surface area contributed by atoms with E-state index in [2.05, 4.69) is 17.1 Å². The van der Waals surface area contributed by atoms with Gasteiger partial charge in [-0.05, 0) is 50.2 Å². The van der Waals surface area contributed by atoms with Crippen molar-refractivity contribution in [2.75, 3.05) is 38.6 Å². The molecule has 0 spiro atoms. The molecule has 0 radical (unpaired) electrons. The van der Waals surface area contributed by atoms with Gasteiger partial charge in [-0.25, -0.2) is 18.4 Å². The summed E-state index contributed by atoms with van der Waals surface area (Å²) >= 11 is 0. The van der Waals surface area contributed by atoms with Gasteiger partial charge in [0.25, 0.3) is 0 Å². The number of hydrogen-bond donors (Lipinski definition) is 1. The monoisotopic (exact) mass is 517 g/mol. The van der Waals surface area contributed by atoms with E-state index in [1.54, 1.807) is 23.5 Å². The average molecular weight is 518 g/mol. The molecule has 1 unspecified atom stereocenters. The van der Waals surface area contributed by atoms with Crippen molar-refractivity contribution in [1.82, 2.24) is 19.2 Å². The largest absolute Gasteiger partial charge is 0.495 e. The highest BCUT2D eigenvalue weighted by Gasteiger charge is 2.31. The SMILES string of the molecule is COc1ccccc1Nc1nc(C(C)N2CCN(S(=O)(=O)c3ccc(C)cc3)CC2)nc2ccccc12. The summed E-state index contributed by atoms with van der Waals surface area (Å²) in [6.07, 6.45) is 0. The van der Waals surface area contributed by atoms with Gasteiger partial charge in [0.05, 0.1) is 29.3 Å². The number of para-hydroxylation sites is 3. The quantitative estimate of drug-likeness (QED) is 0.378. The van der Waals surface area contributed by atoms with Gasteiger partial charge in [-0.2, -0.15) is 4.31 Å². The number of rotatable bonds is 7. The van der Waals surface area contributed by atoms with Gasteiger partial charge >= 0.3 is 0 Å². The number of nitrogens with one attached hydrogen (secondary N) is 1. The van der Waals surface area contributed by atoms with Crippen LogP contribution in [0.15, 0.2) is 77.7 Å². The van der Waals surface area contributed by atoms with E-state index >= 15 is 0 Å². The van der Waals surface area contributed by atoms with Gasteiger partial charge in [0.2, 0.25) is 10.0 Å². The van der Waals surface area contributed by atoms with Crippen LogP contribution in [0, 0.1) is 6.92 Å². The number of aryl methyl sites for hydroxylation is 1. The van der Waals surface area contributed by atoms with Gasteiger partial charge in [0.15, 0.2) is 0 Å². The van der Waals surface area contributed by atoms with Crippen LogP contribution in [0.4, 0.5) is 11.5 Å². The smallest absolute Gasteiger partial charge is 0.243 e. The van der Waals surface area contributed by atoms with Crippen LogP contribution in [-0.2, 0) is 10.0 Å². The Hall–Kier alpha value is -3.53. The average Bonchev–Trinajstić information content (AvgIpc) is 2.93. The van der Waals surface area contributed by atoms with Gasteiger partial charge in [-0.1, -0.05) is 42.0 Å². The van der Waals surface area contributed by atoms with Crippen LogP contribution in [0.3, 0.4) is 0 Å². The van der Waals surface area contributed by atoms with Crippen molar-refractivity contribution < 1.29 is 13.2 Å². The first kappa shape index (κ1) is 25.1. The standard InChI is InChI=1S/C28H31N5O3S/c1-20-12-14-22(15-13-20)37(34,35)33-18-16-32(17-19-33)21(2)27-29-24-9-5-4-8-23(24)28(31-27)30-25-10-6-7-11-26(25)36-3/h4-15,21H,16-19H2,1-3H3,(H,29,30,31). The van der Waals surface area contributed by atoms with Crippen LogP contribution in [0.2, 0.25) is 0 Å². The zero-order valence-corrected chi connectivity index (χ0v) is 22.1. The number of methoxy groups -OCH3 is 1. The third-order valence-electron chi connectivity index (χ3n) is 6.83. The van der Waals surface area contributed by atoms with Gasteiger partial charge < -0.3 is 10.1 Å². The zero-order chi connectivity index (χ0) is 26.0. The highest BCUT2D eigenvalue weighted by Crippen LogP contribution is 2.31. The topological polar surface area (TPSA) is 87.7 Å². The second-order valence-electron chi connectivity index (χ2n) is 9.20. The van der Waals surface area contributed by atoms with Crippen molar-refractivity contribution in [2.45, 2.75) is 24.8 Å². The van der Waals surface area contributed by atoms with E-state index in [9.17, 15) is 8.42 Å². The number of aromatic nitrogens is 2. The summed E-state index contributed by atoms with van der Waals surface area (Å²) in [7, 11) is -1.87. The lowest BCUT2D eigenvalue weighted by atomic mass is 10.2. The Morgan fingerprint density at radius 2 is 1.57 bits per heavy atom. The highest BCUT2D eigenvalue weighted by molar-refractivity contribution is 7.89. The van der Waals surface area contributed by atoms with Gasteiger partial charge in [-0.3, -0.25) is 4.90 Å². The van der Waals surface area contributed by atoms with Crippen LogP contribution >= 0.6 is 0 Å². The maximum Gasteiger partial charge on any atom is 0.243 e. The molecule has 1 fully saturated rings. The van der Waals surface area contributed by atoms with Crippen LogP contribution in [0.5, 0.6) is 5.75 Å². The predicted molar refractivity (Wildman–Crippen MR) is 146 cm³/mol. The van der Waals surface area contributed by atoms with Crippen LogP contribution in [0.25, 0.3) is 10.9 Å². The summed E-state index contributed by atoms with van der Waals surface area (Å²) < 4.78 is 33.3. The van der Waals surface area contributed by atoms with Gasteiger partial charge in [-0.15, -0.1) is 0 Å². The molecule has 1 aliphatic rings. The summed E-state index contributed by atoms with van der Waals surface area (Å²) in [5.41, 5.74) is 2.70. The number of hydrogen-bond acceptors (Lipinski definition) is 7. The second kappa shape index (κ2) is 10.5. The number of sulfonamides is 1. The lowest BCUT2D eigenvalue weighted by Crippen LogP contribution is -2.49. The van der Waals surface area contributed by atoms with E-state index in [1.807, 2.05) is 67.6 Å². The minimum atomic E-state index is -3.52. The molecule has 8 nitrogen and oxygen atoms in total. The molecule has 5 rings (SSSR count). The Labute approximate surface area is 218 Å². The first-order valence-corrected chi connectivity index (χ1v) is 13.8. The van der Waals surface area contributed by atoms with E-state index in [0.717, 1.165) is 27.9 Å². The third-order valence-corrected chi connectivity index (χ3v) is 8.75. The first-order valence-electron chi connectivity index (χ1n) is 12.3. The molecule has 0 bridgehead atoms. The van der Waals surface area contributed by atoms with Crippen LogP contribution < -0.4 is 10.1 Å². The predicted octanol–water partition coefficient (Wildman–Crippen LogP) is 4.76. The van der Waals surface area contributed by atoms with Crippen molar-refractivity contribution >= 4 is 32.4 Å². The number of anilines is 2. The number of benzene rings is 3. The van der Waals surface area contributed by atoms with E-state index in [0.29, 0.717) is 42.7 Å². The second-order valence-corrected chi connectivity index (χ2v) is 11.1. The van der Waals surface area contributed by atoms with E-state index in [-0.39, 0.29) is 6.04 Å². The minimum absolute atomic E-state index is 0.0907. The van der Waals surface area contributed by atoms with Gasteiger partial charge in [0.1, 0.15) is 17.4 Å². The molecule has 192 valence electrons. The number of ether oxygens (including phenoxy) is 1. The number of nitrogens with zero attached hydrogens (tertiary/aromatic N) is 4. The van der Waals surface area contributed by atoms with Crippen molar-refractivity contribution in [3.05, 3.63) is 84.2 Å². The van der Waals surface area contributed by atoms with E-state index < -0.39 is 10.0 Å². The Morgan fingerprint density at radius 3 is 2.30 bits per heavy atom. The van der Waals surface area contributed by atoms with Crippen LogP contribution in [-0.4, -0.2) is 60.9 Å². The summed E-state index contributed by atoms with van der Waals surface area (Å²) in [6, 6.07) is 22.6. The molecule has 9 heteroatoms. The molecular formula is C28H31N5O3S. The fraction of sp³-hybridized carbons (Fsp3) is 0.286. The molecule has 4 aromatic rings. The fourth-order valence-corrected chi connectivity index (χ4v) is 6.03. The molecule has 1 N–H and O–H groups in total. The van der Waals surface area contributed by atoms with Crippen LogP contribution in [0.1, 0.15) is 24.4 Å². The van der Waals surface area contributed by atoms with Gasteiger partial charge in [0, 0.05) is 31.6 Å². The van der Waals surface area contributed by atoms with Crippen molar-refractivity contribution in [2.24, 2.45) is 0 Å². The Morgan fingerprint density at radius 1 is 0.892 bits per heavy atom. The minimum Gasteiger partial charge on any atom is -0.495 e. The lowest BCUT2D eigenvalue weighted by Gasteiger charge is -2.36. The van der Waals surface area contributed by atoms with Crippen molar-refractivity contribution in [3.8, 4) is 5.75 Å².